The SMILES string of the molecule is c1ccc2c(c1)NCCn1ccnc1-2. The van der Waals surface area contributed by atoms with E-state index in [9.17, 15) is 0 Å². The third-order valence-corrected chi connectivity index (χ3v) is 2.55. The number of benzene rings is 1. The fraction of sp³-hybridized carbons (Fsp3) is 0.182. The first-order valence-corrected chi connectivity index (χ1v) is 4.79. The van der Waals surface area contributed by atoms with E-state index in [1.54, 1.807) is 0 Å². The molecule has 0 fully saturated rings. The first-order valence-electron chi connectivity index (χ1n) is 4.79. The van der Waals surface area contributed by atoms with Gasteiger partial charge in [0.1, 0.15) is 5.82 Å². The fourth-order valence-electron chi connectivity index (χ4n) is 1.88. The summed E-state index contributed by atoms with van der Waals surface area (Å²) in [4.78, 5) is 4.38. The van der Waals surface area contributed by atoms with Crippen molar-refractivity contribution in [2.45, 2.75) is 6.54 Å². The Kier molecular flexibility index (Phi) is 1.56. The summed E-state index contributed by atoms with van der Waals surface area (Å²) in [5, 5.41) is 3.40. The van der Waals surface area contributed by atoms with Crippen molar-refractivity contribution in [1.82, 2.24) is 9.55 Å². The van der Waals surface area contributed by atoms with Crippen LogP contribution in [-0.2, 0) is 6.54 Å². The van der Waals surface area contributed by atoms with Crippen molar-refractivity contribution in [3.05, 3.63) is 36.7 Å². The number of nitrogens with one attached hydrogen (secondary N) is 1. The van der Waals surface area contributed by atoms with Crippen LogP contribution in [0.4, 0.5) is 5.69 Å². The van der Waals surface area contributed by atoms with Gasteiger partial charge in [-0.3, -0.25) is 0 Å². The summed E-state index contributed by atoms with van der Waals surface area (Å²) in [6, 6.07) is 8.29. The van der Waals surface area contributed by atoms with Crippen molar-refractivity contribution in [3.63, 3.8) is 0 Å². The molecule has 0 aliphatic carbocycles. The lowest BCUT2D eigenvalue weighted by atomic mass is 10.1. The second kappa shape index (κ2) is 2.87. The Morgan fingerprint density at radius 3 is 3.21 bits per heavy atom. The van der Waals surface area contributed by atoms with Crippen LogP contribution in [0.25, 0.3) is 11.4 Å². The molecule has 14 heavy (non-hydrogen) atoms. The van der Waals surface area contributed by atoms with Crippen molar-refractivity contribution in [2.75, 3.05) is 11.9 Å². The summed E-state index contributed by atoms with van der Waals surface area (Å²) in [5.41, 5.74) is 2.37. The van der Waals surface area contributed by atoms with E-state index in [0.717, 1.165) is 18.9 Å². The molecule has 0 radical (unpaired) electrons. The number of aromatic nitrogens is 2. The van der Waals surface area contributed by atoms with Gasteiger partial charge in [-0.2, -0.15) is 0 Å². The summed E-state index contributed by atoms with van der Waals surface area (Å²) in [6.45, 7) is 1.93. The van der Waals surface area contributed by atoms with Crippen LogP contribution in [0.15, 0.2) is 36.7 Å². The lowest BCUT2D eigenvalue weighted by Crippen LogP contribution is -2.06. The quantitative estimate of drug-likeness (QED) is 0.680. The molecule has 70 valence electrons. The van der Waals surface area contributed by atoms with Gasteiger partial charge in [-0.1, -0.05) is 12.1 Å². The maximum absolute atomic E-state index is 4.38. The molecule has 1 aromatic heterocycles. The highest BCUT2D eigenvalue weighted by molar-refractivity contribution is 5.74. The predicted molar refractivity (Wildman–Crippen MR) is 56.2 cm³/mol. The molecule has 1 N–H and O–H groups in total. The first kappa shape index (κ1) is 7.62. The van der Waals surface area contributed by atoms with Crippen LogP contribution in [-0.4, -0.2) is 16.1 Å². The molecule has 0 amide bonds. The van der Waals surface area contributed by atoms with E-state index in [4.69, 9.17) is 0 Å². The molecular formula is C11H11N3. The van der Waals surface area contributed by atoms with E-state index in [0.29, 0.717) is 0 Å². The normalized spacial score (nSPS) is 13.7. The standard InChI is InChI=1S/C11H11N3/c1-2-4-10-9(3-1)11-13-6-8-14(11)7-5-12-10/h1-4,6,8,12H,5,7H2. The molecule has 0 saturated carbocycles. The second-order valence-corrected chi connectivity index (χ2v) is 3.42. The second-order valence-electron chi connectivity index (χ2n) is 3.42. The Bertz CT molecular complexity index is 459. The smallest absolute Gasteiger partial charge is 0.142 e. The van der Waals surface area contributed by atoms with Crippen LogP contribution in [0.2, 0.25) is 0 Å². The van der Waals surface area contributed by atoms with Gasteiger partial charge in [0.2, 0.25) is 0 Å². The summed E-state index contributed by atoms with van der Waals surface area (Å²) in [7, 11) is 0. The van der Waals surface area contributed by atoms with Crippen molar-refractivity contribution < 1.29 is 0 Å². The average molecular weight is 185 g/mol. The number of anilines is 1. The van der Waals surface area contributed by atoms with E-state index in [2.05, 4.69) is 27.0 Å². The van der Waals surface area contributed by atoms with Gasteiger partial charge in [-0.25, -0.2) is 4.98 Å². The van der Waals surface area contributed by atoms with Gasteiger partial charge in [-0.05, 0) is 12.1 Å². The minimum Gasteiger partial charge on any atom is -0.383 e. The molecule has 3 nitrogen and oxygen atoms in total. The Morgan fingerprint density at radius 2 is 2.21 bits per heavy atom. The Hall–Kier alpha value is -1.77. The Morgan fingerprint density at radius 1 is 1.29 bits per heavy atom. The number of nitrogens with zero attached hydrogens (tertiary/aromatic N) is 2. The van der Waals surface area contributed by atoms with Gasteiger partial charge in [0.15, 0.2) is 0 Å². The van der Waals surface area contributed by atoms with Crippen LogP contribution < -0.4 is 5.32 Å². The highest BCUT2D eigenvalue weighted by Crippen LogP contribution is 2.28. The molecule has 3 heteroatoms. The van der Waals surface area contributed by atoms with Crippen molar-refractivity contribution in [1.29, 1.82) is 0 Å². The lowest BCUT2D eigenvalue weighted by molar-refractivity contribution is 0.744. The topological polar surface area (TPSA) is 29.9 Å². The molecule has 1 aliphatic heterocycles. The maximum Gasteiger partial charge on any atom is 0.142 e. The van der Waals surface area contributed by atoms with E-state index >= 15 is 0 Å². The number of imidazole rings is 1. The van der Waals surface area contributed by atoms with Gasteiger partial charge < -0.3 is 9.88 Å². The molecule has 0 saturated heterocycles. The first-order chi connectivity index (χ1) is 6.95. The largest absolute Gasteiger partial charge is 0.383 e. The predicted octanol–water partition coefficient (Wildman–Crippen LogP) is 1.98. The molecule has 1 aliphatic rings. The zero-order valence-corrected chi connectivity index (χ0v) is 7.77. The molecule has 0 bridgehead atoms. The monoisotopic (exact) mass is 185 g/mol. The summed E-state index contributed by atoms with van der Waals surface area (Å²) in [6.07, 6.45) is 3.89. The zero-order valence-electron chi connectivity index (χ0n) is 7.77. The summed E-state index contributed by atoms with van der Waals surface area (Å²) < 4.78 is 2.18. The third kappa shape index (κ3) is 1.02. The molecule has 1 aromatic carbocycles. The molecule has 0 atom stereocenters. The minimum absolute atomic E-state index is 0.959. The Labute approximate surface area is 82.4 Å². The number of fused-ring (bicyclic) bond motifs is 3. The van der Waals surface area contributed by atoms with E-state index in [-0.39, 0.29) is 0 Å². The van der Waals surface area contributed by atoms with E-state index in [1.807, 2.05) is 24.5 Å². The van der Waals surface area contributed by atoms with Crippen LogP contribution in [0.5, 0.6) is 0 Å². The fourth-order valence-corrected chi connectivity index (χ4v) is 1.88. The van der Waals surface area contributed by atoms with Gasteiger partial charge in [0.05, 0.1) is 0 Å². The summed E-state index contributed by atoms with van der Waals surface area (Å²) in [5.74, 6) is 1.06. The highest BCUT2D eigenvalue weighted by Gasteiger charge is 2.12. The van der Waals surface area contributed by atoms with Gasteiger partial charge in [-0.15, -0.1) is 0 Å². The van der Waals surface area contributed by atoms with Crippen molar-refractivity contribution in [2.24, 2.45) is 0 Å². The number of hydrogen-bond acceptors (Lipinski definition) is 2. The van der Waals surface area contributed by atoms with E-state index in [1.165, 1.54) is 11.3 Å². The molecule has 0 spiro atoms. The van der Waals surface area contributed by atoms with Crippen LogP contribution in [0.1, 0.15) is 0 Å². The number of para-hydroxylation sites is 1. The van der Waals surface area contributed by atoms with Gasteiger partial charge in [0, 0.05) is 36.7 Å². The van der Waals surface area contributed by atoms with Gasteiger partial charge >= 0.3 is 0 Å². The number of hydrogen-bond donors (Lipinski definition) is 1. The molecule has 0 unspecified atom stereocenters. The average Bonchev–Trinajstić information content (AvgIpc) is 2.61. The van der Waals surface area contributed by atoms with Gasteiger partial charge in [0.25, 0.3) is 0 Å². The summed E-state index contributed by atoms with van der Waals surface area (Å²) >= 11 is 0. The van der Waals surface area contributed by atoms with Crippen molar-refractivity contribution >= 4 is 5.69 Å². The van der Waals surface area contributed by atoms with Crippen molar-refractivity contribution in [3.8, 4) is 11.4 Å². The molecule has 2 aromatic rings. The Balaban J connectivity index is 2.27. The molecule has 3 rings (SSSR count). The van der Waals surface area contributed by atoms with Crippen LogP contribution in [0, 0.1) is 0 Å². The van der Waals surface area contributed by atoms with E-state index < -0.39 is 0 Å². The minimum atomic E-state index is 0.959. The molecule has 2 heterocycles. The van der Waals surface area contributed by atoms with Crippen LogP contribution in [0.3, 0.4) is 0 Å². The maximum atomic E-state index is 4.38. The highest BCUT2D eigenvalue weighted by atomic mass is 15.1. The lowest BCUT2D eigenvalue weighted by Gasteiger charge is -2.04. The van der Waals surface area contributed by atoms with Crippen LogP contribution >= 0.6 is 0 Å². The zero-order chi connectivity index (χ0) is 9.38. The number of rotatable bonds is 0. The molecular weight excluding hydrogens is 174 g/mol. The third-order valence-electron chi connectivity index (χ3n) is 2.55.